The van der Waals surface area contributed by atoms with E-state index in [0.29, 0.717) is 17.4 Å². The maximum Gasteiger partial charge on any atom is 0.303 e. The number of carboxylic acids is 1. The Morgan fingerprint density at radius 2 is 2.50 bits per heavy atom. The highest BCUT2D eigenvalue weighted by Crippen LogP contribution is 2.08. The van der Waals surface area contributed by atoms with Gasteiger partial charge in [-0.3, -0.25) is 4.79 Å². The summed E-state index contributed by atoms with van der Waals surface area (Å²) in [5.74, 6) is -0.822. The zero-order valence-corrected chi connectivity index (χ0v) is 7.38. The molecule has 0 atom stereocenters. The van der Waals surface area contributed by atoms with E-state index in [-0.39, 0.29) is 6.42 Å². The molecule has 1 N–H and O–H groups in total. The Morgan fingerprint density at radius 3 is 2.92 bits per heavy atom. The molecule has 0 amide bonds. The van der Waals surface area contributed by atoms with Gasteiger partial charge >= 0.3 is 5.97 Å². The van der Waals surface area contributed by atoms with Crippen molar-refractivity contribution in [2.45, 2.75) is 12.8 Å². The molecule has 0 radical (unpaired) electrons. The summed E-state index contributed by atoms with van der Waals surface area (Å²) in [6.07, 6.45) is 2.24. The predicted molar refractivity (Wildman–Crippen MR) is 44.2 cm³/mol. The van der Waals surface area contributed by atoms with Crippen LogP contribution in [0.15, 0.2) is 6.20 Å². The average molecular weight is 189 g/mol. The number of hydrogen-bond donors (Lipinski definition) is 1. The minimum absolute atomic E-state index is 0.0906. The summed E-state index contributed by atoms with van der Waals surface area (Å²) >= 11 is 5.65. The van der Waals surface area contributed by atoms with E-state index in [2.05, 4.69) is 4.98 Å². The second kappa shape index (κ2) is 3.58. The molecule has 0 saturated heterocycles. The van der Waals surface area contributed by atoms with Gasteiger partial charge in [0, 0.05) is 19.7 Å². The lowest BCUT2D eigenvalue weighted by Crippen LogP contribution is -1.97. The van der Waals surface area contributed by atoms with Crippen LogP contribution < -0.4 is 0 Å². The van der Waals surface area contributed by atoms with Crippen molar-refractivity contribution in [1.29, 1.82) is 0 Å². The molecule has 1 aromatic rings. The number of aryl methyl sites for hydroxylation is 2. The number of carbonyl (C=O) groups is 1. The van der Waals surface area contributed by atoms with Crippen LogP contribution in [0.25, 0.3) is 0 Å². The van der Waals surface area contributed by atoms with E-state index < -0.39 is 5.97 Å². The Kier molecular flexibility index (Phi) is 2.70. The molecule has 1 aromatic heterocycles. The Labute approximate surface area is 74.8 Å². The standard InChI is InChI=1S/C7H9ClN2O2/c1-10-4-5(9-7(10)8)2-3-6(11)12/h4H,2-3H2,1H3,(H,11,12). The molecule has 0 bridgehead atoms. The molecule has 0 aliphatic rings. The van der Waals surface area contributed by atoms with Crippen molar-refractivity contribution in [2.24, 2.45) is 7.05 Å². The first-order valence-corrected chi connectivity index (χ1v) is 3.87. The summed E-state index contributed by atoms with van der Waals surface area (Å²) in [7, 11) is 1.76. The highest BCUT2D eigenvalue weighted by molar-refractivity contribution is 6.28. The van der Waals surface area contributed by atoms with Crippen LogP contribution in [-0.4, -0.2) is 20.6 Å². The third kappa shape index (κ3) is 2.23. The summed E-state index contributed by atoms with van der Waals surface area (Å²) < 4.78 is 1.65. The Bertz CT molecular complexity index is 276. The monoisotopic (exact) mass is 188 g/mol. The Hall–Kier alpha value is -1.03. The topological polar surface area (TPSA) is 55.1 Å². The van der Waals surface area contributed by atoms with Crippen LogP contribution in [0.2, 0.25) is 5.28 Å². The molecule has 1 rings (SSSR count). The van der Waals surface area contributed by atoms with Gasteiger partial charge in [0.05, 0.1) is 12.1 Å². The van der Waals surface area contributed by atoms with Gasteiger partial charge in [-0.05, 0) is 11.6 Å². The van der Waals surface area contributed by atoms with E-state index in [9.17, 15) is 4.79 Å². The predicted octanol–water partition coefficient (Wildman–Crippen LogP) is 1.09. The summed E-state index contributed by atoms with van der Waals surface area (Å²) in [6.45, 7) is 0. The maximum atomic E-state index is 10.2. The van der Waals surface area contributed by atoms with Crippen molar-refractivity contribution in [2.75, 3.05) is 0 Å². The number of rotatable bonds is 3. The minimum atomic E-state index is -0.822. The van der Waals surface area contributed by atoms with Crippen molar-refractivity contribution >= 4 is 17.6 Å². The largest absolute Gasteiger partial charge is 0.481 e. The van der Waals surface area contributed by atoms with Crippen LogP contribution in [-0.2, 0) is 18.3 Å². The van der Waals surface area contributed by atoms with Crippen LogP contribution in [0.3, 0.4) is 0 Å². The number of aromatic nitrogens is 2. The highest BCUT2D eigenvalue weighted by Gasteiger charge is 2.04. The summed E-state index contributed by atoms with van der Waals surface area (Å²) in [6, 6.07) is 0. The maximum absolute atomic E-state index is 10.2. The van der Waals surface area contributed by atoms with E-state index >= 15 is 0 Å². The molecule has 0 spiro atoms. The fraction of sp³-hybridized carbons (Fsp3) is 0.429. The number of imidazole rings is 1. The summed E-state index contributed by atoms with van der Waals surface area (Å²) in [5.41, 5.74) is 0.713. The smallest absolute Gasteiger partial charge is 0.303 e. The van der Waals surface area contributed by atoms with Crippen LogP contribution in [0.1, 0.15) is 12.1 Å². The van der Waals surface area contributed by atoms with E-state index in [1.165, 1.54) is 0 Å². The van der Waals surface area contributed by atoms with Crippen LogP contribution in [0.5, 0.6) is 0 Å². The van der Waals surface area contributed by atoms with Crippen molar-refractivity contribution < 1.29 is 9.90 Å². The molecule has 0 aliphatic heterocycles. The van der Waals surface area contributed by atoms with Gasteiger partial charge in [0.25, 0.3) is 0 Å². The zero-order chi connectivity index (χ0) is 9.14. The molecule has 66 valence electrons. The molecule has 0 aromatic carbocycles. The lowest BCUT2D eigenvalue weighted by molar-refractivity contribution is -0.136. The van der Waals surface area contributed by atoms with E-state index in [4.69, 9.17) is 16.7 Å². The molecule has 0 saturated carbocycles. The number of nitrogens with zero attached hydrogens (tertiary/aromatic N) is 2. The molecule has 1 heterocycles. The summed E-state index contributed by atoms with van der Waals surface area (Å²) in [4.78, 5) is 14.1. The van der Waals surface area contributed by atoms with Crippen molar-refractivity contribution in [3.63, 3.8) is 0 Å². The van der Waals surface area contributed by atoms with Gasteiger partial charge < -0.3 is 9.67 Å². The van der Waals surface area contributed by atoms with Crippen LogP contribution in [0, 0.1) is 0 Å². The van der Waals surface area contributed by atoms with Gasteiger partial charge in [0.2, 0.25) is 5.28 Å². The molecule has 0 fully saturated rings. The van der Waals surface area contributed by atoms with Crippen LogP contribution >= 0.6 is 11.6 Å². The number of aliphatic carboxylic acids is 1. The lowest BCUT2D eigenvalue weighted by Gasteiger charge is -1.89. The minimum Gasteiger partial charge on any atom is -0.481 e. The average Bonchev–Trinajstić information content (AvgIpc) is 2.28. The fourth-order valence-corrected chi connectivity index (χ4v) is 1.02. The molecule has 0 unspecified atom stereocenters. The fourth-order valence-electron chi connectivity index (χ4n) is 0.858. The first kappa shape index (κ1) is 9.06. The molecule has 5 heteroatoms. The lowest BCUT2D eigenvalue weighted by atomic mass is 10.2. The third-order valence-electron chi connectivity index (χ3n) is 1.46. The molecular formula is C7H9ClN2O2. The normalized spacial score (nSPS) is 10.2. The second-order valence-corrected chi connectivity index (χ2v) is 2.84. The summed E-state index contributed by atoms with van der Waals surface area (Å²) in [5, 5.41) is 8.77. The number of carboxylic acid groups (broad SMARTS) is 1. The van der Waals surface area contributed by atoms with Gasteiger partial charge in [-0.2, -0.15) is 0 Å². The molecular weight excluding hydrogens is 180 g/mol. The number of halogens is 1. The first-order chi connectivity index (χ1) is 5.59. The Morgan fingerprint density at radius 1 is 1.83 bits per heavy atom. The quantitative estimate of drug-likeness (QED) is 0.773. The van der Waals surface area contributed by atoms with Gasteiger partial charge in [-0.15, -0.1) is 0 Å². The third-order valence-corrected chi connectivity index (χ3v) is 1.82. The molecule has 0 aliphatic carbocycles. The van der Waals surface area contributed by atoms with Crippen molar-refractivity contribution in [3.8, 4) is 0 Å². The number of hydrogen-bond acceptors (Lipinski definition) is 2. The van der Waals surface area contributed by atoms with Crippen LogP contribution in [0.4, 0.5) is 0 Å². The van der Waals surface area contributed by atoms with Gasteiger partial charge in [-0.1, -0.05) is 0 Å². The first-order valence-electron chi connectivity index (χ1n) is 3.49. The van der Waals surface area contributed by atoms with E-state index in [1.54, 1.807) is 17.8 Å². The Balaban J connectivity index is 2.58. The molecule has 12 heavy (non-hydrogen) atoms. The zero-order valence-electron chi connectivity index (χ0n) is 6.62. The van der Waals surface area contributed by atoms with E-state index in [1.807, 2.05) is 0 Å². The van der Waals surface area contributed by atoms with Gasteiger partial charge in [0.15, 0.2) is 0 Å². The van der Waals surface area contributed by atoms with Gasteiger partial charge in [-0.25, -0.2) is 4.98 Å². The van der Waals surface area contributed by atoms with Gasteiger partial charge in [0.1, 0.15) is 0 Å². The molecule has 4 nitrogen and oxygen atoms in total. The second-order valence-electron chi connectivity index (χ2n) is 2.51. The van der Waals surface area contributed by atoms with E-state index in [0.717, 1.165) is 0 Å². The van der Waals surface area contributed by atoms with Crippen molar-refractivity contribution in [1.82, 2.24) is 9.55 Å². The SMILES string of the molecule is Cn1cc(CCC(=O)O)nc1Cl. The van der Waals surface area contributed by atoms with Crippen molar-refractivity contribution in [3.05, 3.63) is 17.2 Å². The highest BCUT2D eigenvalue weighted by atomic mass is 35.5.